The maximum absolute atomic E-state index is 13.1. The van der Waals surface area contributed by atoms with Crippen molar-refractivity contribution in [3.8, 4) is 5.75 Å². The Morgan fingerprint density at radius 3 is 2.74 bits per heavy atom. The number of nitrogens with zero attached hydrogens (tertiary/aromatic N) is 2. The van der Waals surface area contributed by atoms with Gasteiger partial charge in [0, 0.05) is 18.2 Å². The van der Waals surface area contributed by atoms with Crippen molar-refractivity contribution in [3.05, 3.63) is 53.3 Å². The van der Waals surface area contributed by atoms with E-state index in [-0.39, 0.29) is 30.6 Å². The highest BCUT2D eigenvalue weighted by Gasteiger charge is 2.53. The predicted octanol–water partition coefficient (Wildman–Crippen LogP) is 1.71. The van der Waals surface area contributed by atoms with Gasteiger partial charge in [0.05, 0.1) is 20.8 Å². The molecule has 2 aliphatic rings. The lowest BCUT2D eigenvalue weighted by molar-refractivity contribution is -0.125. The van der Waals surface area contributed by atoms with Gasteiger partial charge in [0.1, 0.15) is 22.8 Å². The largest absolute Gasteiger partial charge is 0.497 e. The lowest BCUT2D eigenvalue weighted by atomic mass is 9.95. The highest BCUT2D eigenvalue weighted by Crippen LogP contribution is 2.35. The summed E-state index contributed by atoms with van der Waals surface area (Å²) in [7, 11) is 2.73. The molecule has 12 nitrogen and oxygen atoms in total. The van der Waals surface area contributed by atoms with E-state index in [2.05, 4.69) is 25.7 Å². The Hall–Kier alpha value is -4.61. The van der Waals surface area contributed by atoms with E-state index >= 15 is 0 Å². The molecule has 1 atom stereocenters. The van der Waals surface area contributed by atoms with Crippen molar-refractivity contribution in [2.75, 3.05) is 26.1 Å². The highest BCUT2D eigenvalue weighted by atomic mass is 16.5. The summed E-state index contributed by atoms with van der Waals surface area (Å²) in [6.45, 7) is 0.0717. The van der Waals surface area contributed by atoms with Crippen LogP contribution in [0.5, 0.6) is 5.75 Å². The second-order valence-corrected chi connectivity index (χ2v) is 7.80. The fourth-order valence-electron chi connectivity index (χ4n) is 4.10. The smallest absolute Gasteiger partial charge is 0.412 e. The number of hydrogen-bond acceptors (Lipinski definition) is 8. The van der Waals surface area contributed by atoms with E-state index in [4.69, 9.17) is 9.15 Å². The molecular weight excluding hydrogens is 446 g/mol. The standard InChI is InChI=1S/C22H19N5O7/c1-32-12-4-3-11-9-27(18(28)13(11)7-12)10-22(19(29)25-20(30)26-22)16-8-14-15(34-16)5-6-17(23-14)24-21(31)33-2/h3-8H,9-10H2,1-2H3,(H,23,24,31)(H2,25,26,29,30)/t22-/m0/s1. The van der Waals surface area contributed by atoms with Crippen molar-refractivity contribution in [1.29, 1.82) is 0 Å². The van der Waals surface area contributed by atoms with Gasteiger partial charge in [0.25, 0.3) is 11.8 Å². The molecule has 5 amide bonds. The summed E-state index contributed by atoms with van der Waals surface area (Å²) >= 11 is 0. The van der Waals surface area contributed by atoms with Crippen LogP contribution in [-0.2, 0) is 21.6 Å². The molecule has 0 spiro atoms. The van der Waals surface area contributed by atoms with Gasteiger partial charge in [-0.1, -0.05) is 6.07 Å². The zero-order chi connectivity index (χ0) is 24.0. The number of ether oxygens (including phenoxy) is 2. The van der Waals surface area contributed by atoms with Crippen LogP contribution < -0.4 is 20.7 Å². The second kappa shape index (κ2) is 7.76. The summed E-state index contributed by atoms with van der Waals surface area (Å²) in [4.78, 5) is 55.5. The molecule has 3 aromatic rings. The first-order chi connectivity index (χ1) is 16.3. The minimum absolute atomic E-state index is 0.0925. The summed E-state index contributed by atoms with van der Waals surface area (Å²) in [6, 6.07) is 9.01. The molecular formula is C22H19N5O7. The molecule has 12 heteroatoms. The van der Waals surface area contributed by atoms with E-state index in [1.807, 2.05) is 0 Å². The van der Waals surface area contributed by atoms with Crippen molar-refractivity contribution in [2.24, 2.45) is 0 Å². The maximum Gasteiger partial charge on any atom is 0.412 e. The Morgan fingerprint density at radius 2 is 2.03 bits per heavy atom. The number of rotatable bonds is 5. The molecule has 0 unspecified atom stereocenters. The highest BCUT2D eigenvalue weighted by molar-refractivity contribution is 6.08. The quantitative estimate of drug-likeness (QED) is 0.482. The number of aromatic nitrogens is 1. The fourth-order valence-corrected chi connectivity index (χ4v) is 4.10. The molecule has 1 aromatic carbocycles. The number of hydrogen-bond donors (Lipinski definition) is 3. The summed E-state index contributed by atoms with van der Waals surface area (Å²) < 4.78 is 15.6. The predicted molar refractivity (Wildman–Crippen MR) is 116 cm³/mol. The van der Waals surface area contributed by atoms with Gasteiger partial charge in [-0.2, -0.15) is 0 Å². The van der Waals surface area contributed by atoms with Crippen LogP contribution in [0.1, 0.15) is 21.7 Å². The zero-order valence-corrected chi connectivity index (χ0v) is 18.1. The van der Waals surface area contributed by atoms with Gasteiger partial charge in [-0.3, -0.25) is 20.2 Å². The third-order valence-corrected chi connectivity index (χ3v) is 5.78. The topological polar surface area (TPSA) is 152 Å². The molecule has 34 heavy (non-hydrogen) atoms. The zero-order valence-electron chi connectivity index (χ0n) is 18.1. The van der Waals surface area contributed by atoms with Crippen molar-refractivity contribution in [2.45, 2.75) is 12.1 Å². The first kappa shape index (κ1) is 21.2. The SMILES string of the molecule is COC(=O)Nc1ccc2oc([C@]3(CN4Cc5ccc(OC)cc5C4=O)NC(=O)NC3=O)cc2n1. The Bertz CT molecular complexity index is 1370. The third kappa shape index (κ3) is 3.36. The Kier molecular flexibility index (Phi) is 4.85. The number of benzene rings is 1. The first-order valence-corrected chi connectivity index (χ1v) is 10.2. The third-order valence-electron chi connectivity index (χ3n) is 5.78. The maximum atomic E-state index is 13.1. The van der Waals surface area contributed by atoms with Crippen molar-refractivity contribution in [3.63, 3.8) is 0 Å². The number of nitrogens with one attached hydrogen (secondary N) is 3. The molecule has 5 rings (SSSR count). The van der Waals surface area contributed by atoms with Crippen molar-refractivity contribution >= 4 is 40.9 Å². The van der Waals surface area contributed by atoms with Gasteiger partial charge in [-0.15, -0.1) is 0 Å². The lowest BCUT2D eigenvalue weighted by Gasteiger charge is -2.28. The van der Waals surface area contributed by atoms with Gasteiger partial charge >= 0.3 is 12.1 Å². The number of anilines is 1. The number of urea groups is 1. The minimum atomic E-state index is -1.67. The Labute approximate surface area is 192 Å². The normalized spacial score (nSPS) is 19.1. The number of fused-ring (bicyclic) bond motifs is 2. The van der Waals surface area contributed by atoms with Gasteiger partial charge in [-0.25, -0.2) is 14.6 Å². The van der Waals surface area contributed by atoms with E-state index in [0.29, 0.717) is 22.4 Å². The summed E-state index contributed by atoms with van der Waals surface area (Å²) in [5.41, 5.74) is 0.215. The van der Waals surface area contributed by atoms with Gasteiger partial charge in [0.15, 0.2) is 11.1 Å². The summed E-state index contributed by atoms with van der Waals surface area (Å²) in [5.74, 6) is -0.128. The molecule has 0 saturated carbocycles. The molecule has 2 aromatic heterocycles. The molecule has 0 bridgehead atoms. The number of carbonyl (C=O) groups is 4. The average Bonchev–Trinajstić information content (AvgIpc) is 3.47. The molecule has 1 fully saturated rings. The monoisotopic (exact) mass is 465 g/mol. The van der Waals surface area contributed by atoms with Crippen LogP contribution in [0.15, 0.2) is 40.8 Å². The van der Waals surface area contributed by atoms with Crippen molar-refractivity contribution in [1.82, 2.24) is 20.5 Å². The minimum Gasteiger partial charge on any atom is -0.497 e. The van der Waals surface area contributed by atoms with Crippen LogP contribution in [-0.4, -0.2) is 54.6 Å². The van der Waals surface area contributed by atoms with E-state index in [1.54, 1.807) is 24.3 Å². The lowest BCUT2D eigenvalue weighted by Crippen LogP contribution is -2.52. The van der Waals surface area contributed by atoms with Crippen molar-refractivity contribution < 1.29 is 33.1 Å². The van der Waals surface area contributed by atoms with Crippen LogP contribution in [0.3, 0.4) is 0 Å². The molecule has 2 aliphatic heterocycles. The number of furan rings is 1. The summed E-state index contributed by atoms with van der Waals surface area (Å²) in [5, 5.41) is 7.29. The number of carbonyl (C=O) groups excluding carboxylic acids is 4. The number of methoxy groups -OCH3 is 2. The van der Waals surface area contributed by atoms with E-state index in [0.717, 1.165) is 5.56 Å². The first-order valence-electron chi connectivity index (χ1n) is 10.2. The van der Waals surface area contributed by atoms with Crippen LogP contribution in [0.25, 0.3) is 11.1 Å². The van der Waals surface area contributed by atoms with Crippen LogP contribution in [0, 0.1) is 0 Å². The molecule has 4 heterocycles. The van der Waals surface area contributed by atoms with Crippen LogP contribution in [0.2, 0.25) is 0 Å². The van der Waals surface area contributed by atoms with Crippen LogP contribution in [0.4, 0.5) is 15.4 Å². The van der Waals surface area contributed by atoms with E-state index < -0.39 is 23.6 Å². The molecule has 0 radical (unpaired) electrons. The van der Waals surface area contributed by atoms with E-state index in [1.165, 1.54) is 31.3 Å². The molecule has 0 aliphatic carbocycles. The van der Waals surface area contributed by atoms with Gasteiger partial charge in [0.2, 0.25) is 0 Å². The number of pyridine rings is 1. The Morgan fingerprint density at radius 1 is 1.21 bits per heavy atom. The molecule has 1 saturated heterocycles. The summed E-state index contributed by atoms with van der Waals surface area (Å²) in [6.07, 6.45) is -0.696. The molecule has 3 N–H and O–H groups in total. The molecule has 174 valence electrons. The Balaban J connectivity index is 1.50. The number of imide groups is 1. The van der Waals surface area contributed by atoms with Crippen LogP contribution >= 0.6 is 0 Å². The van der Waals surface area contributed by atoms with Gasteiger partial charge in [-0.05, 0) is 29.8 Å². The second-order valence-electron chi connectivity index (χ2n) is 7.80. The number of amides is 5. The van der Waals surface area contributed by atoms with Gasteiger partial charge < -0.3 is 24.1 Å². The average molecular weight is 465 g/mol. The van der Waals surface area contributed by atoms with E-state index in [9.17, 15) is 19.2 Å². The fraction of sp³-hybridized carbons (Fsp3) is 0.227.